The topological polar surface area (TPSA) is 68.8 Å². The zero-order chi connectivity index (χ0) is 29.8. The number of amides is 1. The summed E-state index contributed by atoms with van der Waals surface area (Å²) in [4.78, 5) is 19.0. The van der Waals surface area contributed by atoms with Gasteiger partial charge in [-0.25, -0.2) is 13.8 Å². The third-order valence-electron chi connectivity index (χ3n) is 7.29. The van der Waals surface area contributed by atoms with E-state index in [0.717, 1.165) is 32.8 Å². The molecule has 1 aliphatic heterocycles. The molecule has 5 aromatic rings. The number of fused-ring (bicyclic) bond motifs is 3. The van der Waals surface area contributed by atoms with Gasteiger partial charge in [0.05, 0.1) is 66.1 Å². The molecule has 202 valence electrons. The molecule has 0 saturated carbocycles. The van der Waals surface area contributed by atoms with Gasteiger partial charge in [-0.05, 0) is 53.5 Å². The van der Waals surface area contributed by atoms with Gasteiger partial charge in [-0.2, -0.15) is 10.2 Å². The molecule has 6 radical (unpaired) electrons. The Morgan fingerprint density at radius 2 is 1.98 bits per heavy atom. The smallest absolute Gasteiger partial charge is 0.246 e. The van der Waals surface area contributed by atoms with Gasteiger partial charge in [0.1, 0.15) is 17.2 Å². The van der Waals surface area contributed by atoms with E-state index in [2.05, 4.69) is 11.7 Å². The average Bonchev–Trinajstić information content (AvgIpc) is 3.72. The first-order valence-electron chi connectivity index (χ1n) is 13.0. The molecular weight excluding hydrogens is 551 g/mol. The van der Waals surface area contributed by atoms with Crippen LogP contribution in [-0.2, 0) is 23.1 Å². The highest BCUT2D eigenvalue weighted by Crippen LogP contribution is 2.42. The van der Waals surface area contributed by atoms with Crippen LogP contribution >= 0.6 is 11.3 Å². The molecule has 0 atom stereocenters. The van der Waals surface area contributed by atoms with Crippen LogP contribution in [0.25, 0.3) is 49.2 Å². The van der Waals surface area contributed by atoms with Gasteiger partial charge in [0, 0.05) is 39.2 Å². The molecule has 0 spiro atoms. The van der Waals surface area contributed by atoms with Crippen LogP contribution in [0.1, 0.15) is 18.2 Å². The summed E-state index contributed by atoms with van der Waals surface area (Å²) in [5.74, 6) is -0.892. The van der Waals surface area contributed by atoms with Crippen molar-refractivity contribution in [2.45, 2.75) is 25.3 Å². The molecule has 1 amide bonds. The molecule has 0 bridgehead atoms. The van der Waals surface area contributed by atoms with Crippen LogP contribution < -0.4 is 0 Å². The van der Waals surface area contributed by atoms with E-state index in [1.165, 1.54) is 22.1 Å². The summed E-state index contributed by atoms with van der Waals surface area (Å²) in [5.41, 5.74) is 4.54. The van der Waals surface area contributed by atoms with E-state index in [1.807, 2.05) is 40.4 Å². The van der Waals surface area contributed by atoms with E-state index in [9.17, 15) is 9.18 Å². The predicted octanol–water partition coefficient (Wildman–Crippen LogP) is 4.96. The SMILES string of the molecule is [B]C([B])([B])n1ncc2cc(-c3nc(-c4cc5n(n4)CCN(C(=O)C=C)C5)c(C(C)=C(F)/C=C/F)c4sccc34)ccc21. The van der Waals surface area contributed by atoms with Crippen LogP contribution in [0.2, 0.25) is 0 Å². The van der Waals surface area contributed by atoms with Crippen molar-refractivity contribution in [2.24, 2.45) is 0 Å². The predicted molar refractivity (Wildman–Crippen MR) is 164 cm³/mol. The van der Waals surface area contributed by atoms with Crippen molar-refractivity contribution in [3.05, 3.63) is 84.1 Å². The third kappa shape index (κ3) is 4.71. The Labute approximate surface area is 248 Å². The van der Waals surface area contributed by atoms with Crippen LogP contribution in [0.4, 0.5) is 8.78 Å². The number of hydrogen-bond acceptors (Lipinski definition) is 5. The minimum atomic E-state index is -1.68. The number of hydrogen-bond donors (Lipinski definition) is 0. The third-order valence-corrected chi connectivity index (χ3v) is 8.22. The Bertz CT molecular complexity index is 1950. The van der Waals surface area contributed by atoms with Crippen molar-refractivity contribution in [3.63, 3.8) is 0 Å². The Morgan fingerprint density at radius 3 is 2.71 bits per heavy atom. The molecule has 1 aromatic carbocycles. The molecule has 13 heteroatoms. The molecule has 0 saturated heterocycles. The van der Waals surface area contributed by atoms with Gasteiger partial charge >= 0.3 is 0 Å². The Kier molecular flexibility index (Phi) is 7.00. The second-order valence-corrected chi connectivity index (χ2v) is 11.0. The number of benzene rings is 1. The molecule has 0 unspecified atom stereocenters. The zero-order valence-electron chi connectivity index (χ0n) is 22.6. The fourth-order valence-electron chi connectivity index (χ4n) is 5.27. The van der Waals surface area contributed by atoms with E-state index in [1.54, 1.807) is 18.0 Å². The second kappa shape index (κ2) is 10.5. The summed E-state index contributed by atoms with van der Waals surface area (Å²) >= 11 is 1.43. The Balaban J connectivity index is 1.58. The quantitative estimate of drug-likeness (QED) is 0.164. The first-order valence-corrected chi connectivity index (χ1v) is 13.9. The molecule has 0 fully saturated rings. The van der Waals surface area contributed by atoms with Crippen LogP contribution in [0, 0.1) is 0 Å². The van der Waals surface area contributed by atoms with Gasteiger partial charge in [0.2, 0.25) is 5.91 Å². The highest BCUT2D eigenvalue weighted by Gasteiger charge is 2.26. The lowest BCUT2D eigenvalue weighted by atomic mass is 9.49. The van der Waals surface area contributed by atoms with Crippen molar-refractivity contribution in [1.82, 2.24) is 29.4 Å². The van der Waals surface area contributed by atoms with Crippen LogP contribution in [0.3, 0.4) is 0 Å². The van der Waals surface area contributed by atoms with Gasteiger partial charge in [0.15, 0.2) is 0 Å². The Hall–Kier alpha value is -4.25. The molecule has 5 heterocycles. The van der Waals surface area contributed by atoms with Gasteiger partial charge < -0.3 is 4.90 Å². The molecule has 4 aromatic heterocycles. The molecule has 42 heavy (non-hydrogen) atoms. The van der Waals surface area contributed by atoms with Gasteiger partial charge in [0.25, 0.3) is 0 Å². The van der Waals surface area contributed by atoms with E-state index in [0.29, 0.717) is 47.8 Å². The van der Waals surface area contributed by atoms with E-state index < -0.39 is 11.1 Å². The Morgan fingerprint density at radius 1 is 1.17 bits per heavy atom. The van der Waals surface area contributed by atoms with Gasteiger partial charge in [-0.3, -0.25) is 14.2 Å². The molecule has 1 aliphatic rings. The number of halogens is 2. The first kappa shape index (κ1) is 27.9. The number of pyridine rings is 1. The highest BCUT2D eigenvalue weighted by atomic mass is 32.1. The number of thiophene rings is 1. The molecule has 7 nitrogen and oxygen atoms in total. The summed E-state index contributed by atoms with van der Waals surface area (Å²) in [7, 11) is 17.6. The average molecular weight is 572 g/mol. The maximum Gasteiger partial charge on any atom is 0.246 e. The number of allylic oxidation sites excluding steroid dienone is 3. The minimum absolute atomic E-state index is 0.167. The monoisotopic (exact) mass is 572 g/mol. The maximum atomic E-state index is 15.1. The molecular formula is C29H21B3F2N6OS. The number of carbonyl (C=O) groups is 1. The standard InChI is InChI=1S/C29H21B3F2N6OS/c1-3-24(41)38-9-10-39-19(15-38)13-22(37-39)27-25(16(2)21(34)6-8-33)28-20(7-11-42-28)26(36-27)17-4-5-23-18(12-17)14-35-40(23)29(30,31)32/h3-8,11-14H,1,9-10,15H2,2H3/b8-6+,21-16?. The number of carbonyl (C=O) groups excluding carboxylic acids is 1. The highest BCUT2D eigenvalue weighted by molar-refractivity contribution is 7.17. The van der Waals surface area contributed by atoms with Crippen molar-refractivity contribution in [1.29, 1.82) is 0 Å². The normalized spacial score (nSPS) is 14.5. The summed E-state index contributed by atoms with van der Waals surface area (Å²) < 4.78 is 32.1. The first-order chi connectivity index (χ1) is 20.1. The molecule has 0 N–H and O–H groups in total. The number of aromatic nitrogens is 5. The van der Waals surface area contributed by atoms with Crippen molar-refractivity contribution < 1.29 is 13.6 Å². The van der Waals surface area contributed by atoms with Crippen LogP contribution in [0.15, 0.2) is 72.8 Å². The number of rotatable bonds is 6. The fraction of sp³-hybridized carbons (Fsp3) is 0.172. The summed E-state index contributed by atoms with van der Waals surface area (Å²) in [5, 5.41) is 10.8. The lowest BCUT2D eigenvalue weighted by Gasteiger charge is -2.26. The minimum Gasteiger partial charge on any atom is -0.331 e. The lowest BCUT2D eigenvalue weighted by molar-refractivity contribution is -0.127. The van der Waals surface area contributed by atoms with Crippen molar-refractivity contribution in [2.75, 3.05) is 6.54 Å². The molecule has 0 aliphatic carbocycles. The zero-order valence-corrected chi connectivity index (χ0v) is 23.4. The van der Waals surface area contributed by atoms with E-state index in [4.69, 9.17) is 33.6 Å². The van der Waals surface area contributed by atoms with Gasteiger partial charge in [-0.1, -0.05) is 12.6 Å². The number of nitrogens with zero attached hydrogens (tertiary/aromatic N) is 6. The largest absolute Gasteiger partial charge is 0.331 e. The fourth-order valence-corrected chi connectivity index (χ4v) is 6.27. The summed E-state index contributed by atoms with van der Waals surface area (Å²) in [6.45, 7) is 6.48. The summed E-state index contributed by atoms with van der Waals surface area (Å²) in [6.07, 6.45) is 3.85. The summed E-state index contributed by atoms with van der Waals surface area (Å²) in [6, 6.07) is 9.34. The molecule has 6 rings (SSSR count). The van der Waals surface area contributed by atoms with Crippen LogP contribution in [-0.4, -0.2) is 65.4 Å². The van der Waals surface area contributed by atoms with Gasteiger partial charge in [-0.15, -0.1) is 11.3 Å². The van der Waals surface area contributed by atoms with Crippen molar-refractivity contribution in [3.8, 4) is 22.6 Å². The van der Waals surface area contributed by atoms with Crippen LogP contribution in [0.5, 0.6) is 0 Å². The van der Waals surface area contributed by atoms with E-state index >= 15 is 4.39 Å². The van der Waals surface area contributed by atoms with E-state index in [-0.39, 0.29) is 17.8 Å². The van der Waals surface area contributed by atoms with Crippen molar-refractivity contribution >= 4 is 67.3 Å². The second-order valence-electron chi connectivity index (χ2n) is 10.0. The maximum absolute atomic E-state index is 15.1. The lowest BCUT2D eigenvalue weighted by Crippen LogP contribution is -2.37.